The number of ether oxygens (including phenoxy) is 1. The van der Waals surface area contributed by atoms with Crippen molar-refractivity contribution >= 4 is 27.5 Å². The van der Waals surface area contributed by atoms with Gasteiger partial charge in [-0.05, 0) is 22.8 Å². The minimum Gasteiger partial charge on any atom is -0.465 e. The zero-order valence-electron chi connectivity index (χ0n) is 13.7. The van der Waals surface area contributed by atoms with E-state index < -0.39 is 0 Å². The Morgan fingerprint density at radius 1 is 0.958 bits per heavy atom. The summed E-state index contributed by atoms with van der Waals surface area (Å²) in [4.78, 5) is 24.6. The second kappa shape index (κ2) is 7.26. The molecule has 0 radical (unpaired) electrons. The maximum atomic E-state index is 12.7. The minimum absolute atomic E-state index is 0.0164. The van der Waals surface area contributed by atoms with Gasteiger partial charge in [-0.3, -0.25) is 9.59 Å². The maximum absolute atomic E-state index is 12.7. The molecule has 0 spiro atoms. The summed E-state index contributed by atoms with van der Waals surface area (Å²) in [6.45, 7) is 2.52. The minimum atomic E-state index is -0.226. The van der Waals surface area contributed by atoms with E-state index in [9.17, 15) is 9.59 Å². The van der Waals surface area contributed by atoms with Crippen LogP contribution in [0.25, 0.3) is 21.5 Å². The predicted molar refractivity (Wildman–Crippen MR) is 97.3 cm³/mol. The van der Waals surface area contributed by atoms with E-state index in [0.29, 0.717) is 17.4 Å². The largest absolute Gasteiger partial charge is 0.465 e. The van der Waals surface area contributed by atoms with Gasteiger partial charge in [0.15, 0.2) is 5.43 Å². The summed E-state index contributed by atoms with van der Waals surface area (Å²) in [5, 5.41) is 3.13. The van der Waals surface area contributed by atoms with Gasteiger partial charge in [-0.2, -0.15) is 0 Å². The summed E-state index contributed by atoms with van der Waals surface area (Å²) in [5.74, 6) is -0.226. The van der Waals surface area contributed by atoms with Crippen molar-refractivity contribution in [1.82, 2.24) is 0 Å². The number of unbranched alkanes of at least 4 members (excludes halogenated alkanes) is 1. The van der Waals surface area contributed by atoms with Crippen molar-refractivity contribution in [3.63, 3.8) is 0 Å². The highest BCUT2D eigenvalue weighted by molar-refractivity contribution is 5.93. The molecule has 122 valence electrons. The van der Waals surface area contributed by atoms with Crippen molar-refractivity contribution in [3.05, 3.63) is 70.4 Å². The third kappa shape index (κ3) is 3.46. The van der Waals surface area contributed by atoms with Gasteiger partial charge in [0, 0.05) is 10.8 Å². The van der Waals surface area contributed by atoms with E-state index in [0.717, 1.165) is 29.2 Å². The van der Waals surface area contributed by atoms with E-state index in [2.05, 4.69) is 6.92 Å². The van der Waals surface area contributed by atoms with Gasteiger partial charge in [0.05, 0.1) is 13.0 Å². The molecule has 0 aliphatic carbocycles. The zero-order valence-corrected chi connectivity index (χ0v) is 13.7. The molecule has 0 amide bonds. The predicted octanol–water partition coefficient (Wildman–Crippen LogP) is 4.24. The van der Waals surface area contributed by atoms with Crippen LogP contribution in [-0.2, 0) is 16.0 Å². The van der Waals surface area contributed by atoms with Crippen LogP contribution < -0.4 is 5.43 Å². The fraction of sp³-hybridized carbons (Fsp3) is 0.238. The summed E-state index contributed by atoms with van der Waals surface area (Å²) in [6, 6.07) is 17.0. The zero-order chi connectivity index (χ0) is 16.9. The van der Waals surface area contributed by atoms with Gasteiger partial charge in [-0.25, -0.2) is 0 Å². The van der Waals surface area contributed by atoms with Gasteiger partial charge in [0.1, 0.15) is 0 Å². The van der Waals surface area contributed by atoms with Crippen molar-refractivity contribution in [2.45, 2.75) is 26.2 Å². The molecule has 3 heteroatoms. The summed E-state index contributed by atoms with van der Waals surface area (Å²) >= 11 is 0. The smallest absolute Gasteiger partial charge is 0.310 e. The van der Waals surface area contributed by atoms with E-state index in [1.807, 2.05) is 48.5 Å². The monoisotopic (exact) mass is 320 g/mol. The van der Waals surface area contributed by atoms with Crippen molar-refractivity contribution in [1.29, 1.82) is 0 Å². The highest BCUT2D eigenvalue weighted by Crippen LogP contribution is 2.17. The molecule has 0 aliphatic rings. The molecule has 3 rings (SSSR count). The number of rotatable bonds is 5. The average molecular weight is 320 g/mol. The Labute approximate surface area is 140 Å². The molecule has 0 saturated heterocycles. The highest BCUT2D eigenvalue weighted by atomic mass is 16.5. The maximum Gasteiger partial charge on any atom is 0.310 e. The molecule has 0 heterocycles. The van der Waals surface area contributed by atoms with Crippen LogP contribution in [0, 0.1) is 0 Å². The third-order valence-electron chi connectivity index (χ3n) is 4.12. The first-order valence-corrected chi connectivity index (χ1v) is 8.29. The highest BCUT2D eigenvalue weighted by Gasteiger charge is 2.07. The van der Waals surface area contributed by atoms with Crippen LogP contribution in [-0.4, -0.2) is 12.6 Å². The summed E-state index contributed by atoms with van der Waals surface area (Å²) in [6.07, 6.45) is 2.11. The van der Waals surface area contributed by atoms with Gasteiger partial charge >= 0.3 is 5.97 Å². The number of fused-ring (bicyclic) bond motifs is 2. The number of carbonyl (C=O) groups is 1. The SMILES string of the molecule is CCCCOC(=O)Cc1ccc2c(=O)c3ccccc3ccc2c1. The lowest BCUT2D eigenvalue weighted by Crippen LogP contribution is -2.09. The molecule has 0 bridgehead atoms. The lowest BCUT2D eigenvalue weighted by Gasteiger charge is -2.04. The second-order valence-electron chi connectivity index (χ2n) is 5.92. The van der Waals surface area contributed by atoms with Gasteiger partial charge < -0.3 is 4.74 Å². The van der Waals surface area contributed by atoms with Gasteiger partial charge in [-0.15, -0.1) is 0 Å². The second-order valence-corrected chi connectivity index (χ2v) is 5.92. The van der Waals surface area contributed by atoms with Crippen LogP contribution in [0.15, 0.2) is 59.4 Å². The van der Waals surface area contributed by atoms with Crippen LogP contribution >= 0.6 is 0 Å². The normalized spacial score (nSPS) is 10.9. The Balaban J connectivity index is 1.96. The Hall–Kier alpha value is -2.68. The quantitative estimate of drug-likeness (QED) is 0.522. The average Bonchev–Trinajstić information content (AvgIpc) is 2.73. The van der Waals surface area contributed by atoms with E-state index in [-0.39, 0.29) is 17.8 Å². The molecule has 0 N–H and O–H groups in total. The van der Waals surface area contributed by atoms with E-state index in [1.54, 1.807) is 6.07 Å². The van der Waals surface area contributed by atoms with Gasteiger partial charge in [-0.1, -0.05) is 67.9 Å². The molecule has 24 heavy (non-hydrogen) atoms. The Morgan fingerprint density at radius 3 is 2.54 bits per heavy atom. The van der Waals surface area contributed by atoms with Crippen molar-refractivity contribution < 1.29 is 9.53 Å². The Bertz CT molecular complexity index is 944. The van der Waals surface area contributed by atoms with Crippen molar-refractivity contribution in [2.75, 3.05) is 6.61 Å². The first-order chi connectivity index (χ1) is 11.7. The van der Waals surface area contributed by atoms with Crippen LogP contribution in [0.5, 0.6) is 0 Å². The Morgan fingerprint density at radius 2 is 1.71 bits per heavy atom. The first kappa shape index (κ1) is 16.2. The third-order valence-corrected chi connectivity index (χ3v) is 4.12. The number of carbonyl (C=O) groups excluding carboxylic acids is 1. The molecule has 3 aromatic rings. The number of hydrogen-bond donors (Lipinski definition) is 0. The summed E-state index contributed by atoms with van der Waals surface area (Å²) in [5.41, 5.74) is 0.876. The standard InChI is InChI=1S/C21H20O3/c1-2-3-12-24-20(22)14-15-8-11-19-17(13-15)10-9-16-6-4-5-7-18(16)21(19)23/h4-11,13H,2-3,12,14H2,1H3. The molecule has 0 fully saturated rings. The molecule has 0 aromatic heterocycles. The number of benzene rings is 2. The lowest BCUT2D eigenvalue weighted by molar-refractivity contribution is -0.142. The molecule has 0 atom stereocenters. The van der Waals surface area contributed by atoms with Crippen LogP contribution in [0.1, 0.15) is 25.3 Å². The Kier molecular flexibility index (Phi) is 4.90. The van der Waals surface area contributed by atoms with Crippen LogP contribution in [0.4, 0.5) is 0 Å². The summed E-state index contributed by atoms with van der Waals surface area (Å²) < 4.78 is 5.20. The number of hydrogen-bond acceptors (Lipinski definition) is 3. The summed E-state index contributed by atoms with van der Waals surface area (Å²) in [7, 11) is 0. The molecule has 0 unspecified atom stereocenters. The molecular formula is C21H20O3. The molecular weight excluding hydrogens is 300 g/mol. The first-order valence-electron chi connectivity index (χ1n) is 8.29. The lowest BCUT2D eigenvalue weighted by atomic mass is 10.1. The van der Waals surface area contributed by atoms with Crippen LogP contribution in [0.2, 0.25) is 0 Å². The van der Waals surface area contributed by atoms with Crippen molar-refractivity contribution in [3.8, 4) is 0 Å². The van der Waals surface area contributed by atoms with E-state index in [1.165, 1.54) is 0 Å². The fourth-order valence-corrected chi connectivity index (χ4v) is 2.79. The topological polar surface area (TPSA) is 43.4 Å². The van der Waals surface area contributed by atoms with E-state index in [4.69, 9.17) is 4.74 Å². The van der Waals surface area contributed by atoms with Crippen molar-refractivity contribution in [2.24, 2.45) is 0 Å². The van der Waals surface area contributed by atoms with Crippen LogP contribution in [0.3, 0.4) is 0 Å². The van der Waals surface area contributed by atoms with Gasteiger partial charge in [0.2, 0.25) is 0 Å². The molecule has 3 nitrogen and oxygen atoms in total. The molecule has 0 saturated carbocycles. The molecule has 3 aromatic carbocycles. The fourth-order valence-electron chi connectivity index (χ4n) is 2.79. The van der Waals surface area contributed by atoms with Gasteiger partial charge in [0.25, 0.3) is 0 Å². The van der Waals surface area contributed by atoms with E-state index >= 15 is 0 Å². The molecule has 0 aliphatic heterocycles. The number of esters is 1.